The summed E-state index contributed by atoms with van der Waals surface area (Å²) in [7, 11) is 0. The molecule has 0 aliphatic carbocycles. The molecule has 0 bridgehead atoms. The van der Waals surface area contributed by atoms with Crippen molar-refractivity contribution in [2.45, 2.75) is 323 Å². The minimum Gasteiger partial charge on any atom is -0.462 e. The van der Waals surface area contributed by atoms with Gasteiger partial charge in [0.15, 0.2) is 6.10 Å². The predicted octanol–water partition coefficient (Wildman–Crippen LogP) is 18.5. The fourth-order valence-electron chi connectivity index (χ4n) is 8.70. The summed E-state index contributed by atoms with van der Waals surface area (Å²) in [6, 6.07) is 0. The van der Waals surface area contributed by atoms with Crippen LogP contribution in [0.25, 0.3) is 0 Å². The maximum absolute atomic E-state index is 12.8. The van der Waals surface area contributed by atoms with Gasteiger partial charge in [-0.05, 0) is 31.1 Å². The van der Waals surface area contributed by atoms with E-state index in [-0.39, 0.29) is 31.1 Å². The molecule has 0 saturated carbocycles. The fraction of sp³-hybridized carbons (Fsp3) is 0.947. The third kappa shape index (κ3) is 51.3. The van der Waals surface area contributed by atoms with Crippen LogP contribution in [0.5, 0.6) is 0 Å². The van der Waals surface area contributed by atoms with Gasteiger partial charge in [0.2, 0.25) is 0 Å². The highest BCUT2D eigenvalue weighted by Gasteiger charge is 2.19. The number of ether oxygens (including phenoxy) is 3. The number of esters is 3. The molecule has 63 heavy (non-hydrogen) atoms. The van der Waals surface area contributed by atoms with Gasteiger partial charge in [0, 0.05) is 19.3 Å². The van der Waals surface area contributed by atoms with Gasteiger partial charge in [-0.15, -0.1) is 0 Å². The van der Waals surface area contributed by atoms with Crippen LogP contribution in [0.2, 0.25) is 0 Å². The molecule has 0 rings (SSSR count). The van der Waals surface area contributed by atoms with Crippen LogP contribution >= 0.6 is 0 Å². The van der Waals surface area contributed by atoms with Crippen LogP contribution in [0.4, 0.5) is 0 Å². The highest BCUT2D eigenvalue weighted by Crippen LogP contribution is 2.18. The van der Waals surface area contributed by atoms with E-state index in [0.29, 0.717) is 19.3 Å². The van der Waals surface area contributed by atoms with E-state index >= 15 is 0 Å². The van der Waals surface area contributed by atoms with Gasteiger partial charge in [0.1, 0.15) is 13.2 Å². The summed E-state index contributed by atoms with van der Waals surface area (Å²) in [6.07, 6.45) is 52.3. The topological polar surface area (TPSA) is 78.9 Å². The number of rotatable bonds is 51. The lowest BCUT2D eigenvalue weighted by Gasteiger charge is -2.18. The Bertz CT molecular complexity index is 962. The molecule has 0 aliphatic rings. The SMILES string of the molecule is CCCCCCCCCCCCCCC(=O)O[C@@H](COC(=O)CCCCCCCCCCCCCCCCCCC(C)C)COC(=O)CCCCCCCCCCCCCC(C)C. The summed E-state index contributed by atoms with van der Waals surface area (Å²) < 4.78 is 16.9. The molecule has 0 aromatic carbocycles. The molecule has 1 atom stereocenters. The Labute approximate surface area is 393 Å². The molecule has 0 N–H and O–H groups in total. The second-order valence-corrected chi connectivity index (χ2v) is 20.5. The van der Waals surface area contributed by atoms with E-state index in [2.05, 4.69) is 34.6 Å². The van der Waals surface area contributed by atoms with Crippen LogP contribution in [0.3, 0.4) is 0 Å². The summed E-state index contributed by atoms with van der Waals surface area (Å²) in [5.41, 5.74) is 0. The van der Waals surface area contributed by atoms with Gasteiger partial charge in [0.05, 0.1) is 0 Å². The molecule has 0 heterocycles. The number of hydrogen-bond donors (Lipinski definition) is 0. The average molecular weight is 892 g/mol. The Morgan fingerprint density at radius 3 is 0.778 bits per heavy atom. The first-order valence-electron chi connectivity index (χ1n) is 28.2. The lowest BCUT2D eigenvalue weighted by Crippen LogP contribution is -2.30. The molecule has 0 fully saturated rings. The maximum atomic E-state index is 12.8. The summed E-state index contributed by atoms with van der Waals surface area (Å²) >= 11 is 0. The summed E-state index contributed by atoms with van der Waals surface area (Å²) in [4.78, 5) is 38.1. The van der Waals surface area contributed by atoms with E-state index in [1.165, 1.54) is 205 Å². The number of unbranched alkanes of at least 4 members (excludes halogenated alkanes) is 36. The molecular formula is C57H110O6. The minimum atomic E-state index is -0.762. The van der Waals surface area contributed by atoms with Crippen LogP contribution in [-0.2, 0) is 28.6 Å². The Balaban J connectivity index is 4.25. The summed E-state index contributed by atoms with van der Waals surface area (Å²) in [6.45, 7) is 11.4. The van der Waals surface area contributed by atoms with Crippen molar-refractivity contribution in [3.8, 4) is 0 Å². The van der Waals surface area contributed by atoms with Crippen molar-refractivity contribution in [1.82, 2.24) is 0 Å². The van der Waals surface area contributed by atoms with Crippen molar-refractivity contribution < 1.29 is 28.6 Å². The molecule has 374 valence electrons. The molecule has 0 saturated heterocycles. The third-order valence-corrected chi connectivity index (χ3v) is 13.0. The number of carbonyl (C=O) groups is 3. The van der Waals surface area contributed by atoms with E-state index in [1.807, 2.05) is 0 Å². The van der Waals surface area contributed by atoms with Crippen molar-refractivity contribution in [3.63, 3.8) is 0 Å². The minimum absolute atomic E-state index is 0.0628. The Morgan fingerprint density at radius 1 is 0.302 bits per heavy atom. The van der Waals surface area contributed by atoms with E-state index in [9.17, 15) is 14.4 Å². The van der Waals surface area contributed by atoms with Gasteiger partial charge in [-0.3, -0.25) is 14.4 Å². The zero-order chi connectivity index (χ0) is 46.1. The predicted molar refractivity (Wildman–Crippen MR) is 270 cm³/mol. The Morgan fingerprint density at radius 2 is 0.524 bits per heavy atom. The maximum Gasteiger partial charge on any atom is 0.306 e. The van der Waals surface area contributed by atoms with Crippen molar-refractivity contribution in [2.24, 2.45) is 11.8 Å². The van der Waals surface area contributed by atoms with Gasteiger partial charge in [0.25, 0.3) is 0 Å². The lowest BCUT2D eigenvalue weighted by atomic mass is 10.0. The molecule has 0 radical (unpaired) electrons. The van der Waals surface area contributed by atoms with Crippen LogP contribution in [0.15, 0.2) is 0 Å². The lowest BCUT2D eigenvalue weighted by molar-refractivity contribution is -0.167. The second-order valence-electron chi connectivity index (χ2n) is 20.5. The number of hydrogen-bond acceptors (Lipinski definition) is 6. The largest absolute Gasteiger partial charge is 0.462 e. The van der Waals surface area contributed by atoms with Crippen molar-refractivity contribution >= 4 is 17.9 Å². The van der Waals surface area contributed by atoms with Gasteiger partial charge in [-0.1, -0.05) is 279 Å². The molecule has 0 unspecified atom stereocenters. The first kappa shape index (κ1) is 61.4. The van der Waals surface area contributed by atoms with E-state index in [4.69, 9.17) is 14.2 Å². The average Bonchev–Trinajstić information content (AvgIpc) is 3.25. The molecular weight excluding hydrogens is 781 g/mol. The van der Waals surface area contributed by atoms with Gasteiger partial charge >= 0.3 is 17.9 Å². The van der Waals surface area contributed by atoms with Crippen LogP contribution in [0, 0.1) is 11.8 Å². The van der Waals surface area contributed by atoms with Crippen molar-refractivity contribution in [1.29, 1.82) is 0 Å². The Hall–Kier alpha value is -1.59. The Kier molecular flexibility index (Phi) is 48.6. The molecule has 0 aromatic rings. The molecule has 0 aliphatic heterocycles. The van der Waals surface area contributed by atoms with Gasteiger partial charge in [-0.25, -0.2) is 0 Å². The monoisotopic (exact) mass is 891 g/mol. The molecule has 0 spiro atoms. The standard InChI is InChI=1S/C57H110O6/c1-6-7-8-9-10-11-12-22-29-34-39-44-49-57(60)63-54(51-62-56(59)48-43-38-33-28-24-19-21-26-31-36-41-46-53(4)5)50-61-55(58)47-42-37-32-27-23-18-16-14-13-15-17-20-25-30-35-40-45-52(2)3/h52-54H,6-51H2,1-5H3/t54-/m0/s1. The first-order valence-corrected chi connectivity index (χ1v) is 28.2. The highest BCUT2D eigenvalue weighted by atomic mass is 16.6. The van der Waals surface area contributed by atoms with Gasteiger partial charge < -0.3 is 14.2 Å². The molecule has 6 nitrogen and oxygen atoms in total. The second kappa shape index (κ2) is 49.8. The van der Waals surface area contributed by atoms with E-state index in [1.54, 1.807) is 0 Å². The quantitative estimate of drug-likeness (QED) is 0.0344. The fourth-order valence-corrected chi connectivity index (χ4v) is 8.70. The molecule has 0 amide bonds. The van der Waals surface area contributed by atoms with E-state index in [0.717, 1.165) is 69.6 Å². The number of carbonyl (C=O) groups excluding carboxylic acids is 3. The summed E-state index contributed by atoms with van der Waals surface area (Å²) in [5.74, 6) is 0.838. The van der Waals surface area contributed by atoms with Crippen LogP contribution < -0.4 is 0 Å². The first-order chi connectivity index (χ1) is 30.7. The smallest absolute Gasteiger partial charge is 0.306 e. The van der Waals surface area contributed by atoms with Crippen molar-refractivity contribution in [3.05, 3.63) is 0 Å². The van der Waals surface area contributed by atoms with Crippen molar-refractivity contribution in [2.75, 3.05) is 13.2 Å². The molecule has 6 heteroatoms. The third-order valence-electron chi connectivity index (χ3n) is 13.0. The zero-order valence-corrected chi connectivity index (χ0v) is 43.2. The highest BCUT2D eigenvalue weighted by molar-refractivity contribution is 5.71. The summed E-state index contributed by atoms with van der Waals surface area (Å²) in [5, 5.41) is 0. The van der Waals surface area contributed by atoms with E-state index < -0.39 is 6.10 Å². The normalized spacial score (nSPS) is 12.0. The van der Waals surface area contributed by atoms with Crippen LogP contribution in [-0.4, -0.2) is 37.2 Å². The zero-order valence-electron chi connectivity index (χ0n) is 43.2. The molecule has 0 aromatic heterocycles. The van der Waals surface area contributed by atoms with Gasteiger partial charge in [-0.2, -0.15) is 0 Å². The van der Waals surface area contributed by atoms with Crippen LogP contribution in [0.1, 0.15) is 317 Å².